The number of rotatable bonds is 2. The molecule has 2 N–H and O–H groups in total. The van der Waals surface area contributed by atoms with E-state index < -0.39 is 0 Å². The molecule has 0 radical (unpaired) electrons. The lowest BCUT2D eigenvalue weighted by Crippen LogP contribution is -2.46. The van der Waals surface area contributed by atoms with Crippen molar-refractivity contribution in [3.63, 3.8) is 0 Å². The molecular weight excluding hydrogens is 204 g/mol. The van der Waals surface area contributed by atoms with E-state index in [4.69, 9.17) is 5.73 Å². The maximum absolute atomic E-state index is 11.0. The smallest absolute Gasteiger partial charge is 0.210 e. The fourth-order valence-electron chi connectivity index (χ4n) is 1.97. The normalized spacial score (nSPS) is 22.1. The summed E-state index contributed by atoms with van der Waals surface area (Å²) in [5, 5.41) is 0. The van der Waals surface area contributed by atoms with Crippen LogP contribution < -0.4 is 5.73 Å². The topological polar surface area (TPSA) is 62.5 Å². The van der Waals surface area contributed by atoms with Gasteiger partial charge in [0.25, 0.3) is 0 Å². The Morgan fingerprint density at radius 3 is 2.94 bits per heavy atom. The Labute approximate surface area is 94.9 Å². The Kier molecular flexibility index (Phi) is 3.05. The minimum Gasteiger partial charge on any atom is -0.384 e. The number of nitrogen functional groups attached to an aromatic ring is 1. The maximum Gasteiger partial charge on any atom is 0.210 e. The zero-order valence-electron chi connectivity index (χ0n) is 9.34. The number of piperazine rings is 1. The number of anilines is 1. The maximum atomic E-state index is 11.0. The third kappa shape index (κ3) is 2.14. The molecule has 1 atom stereocenters. The van der Waals surface area contributed by atoms with E-state index in [0.717, 1.165) is 31.6 Å². The van der Waals surface area contributed by atoms with Crippen molar-refractivity contribution in [2.75, 3.05) is 32.4 Å². The van der Waals surface area contributed by atoms with E-state index >= 15 is 0 Å². The van der Waals surface area contributed by atoms with Crippen LogP contribution >= 0.6 is 0 Å². The molecule has 0 aromatic carbocycles. The standard InChI is InChI=1S/C11H16N4O/c1-14-4-5-15(8-16)10(7-14)9-2-3-11(12)13-6-9/h2-3,6,8,10H,4-5,7H2,1H3,(H2,12,13). The summed E-state index contributed by atoms with van der Waals surface area (Å²) in [5.74, 6) is 0.505. The molecule has 16 heavy (non-hydrogen) atoms. The average molecular weight is 220 g/mol. The van der Waals surface area contributed by atoms with Gasteiger partial charge < -0.3 is 15.5 Å². The van der Waals surface area contributed by atoms with Crippen LogP contribution in [0.25, 0.3) is 0 Å². The van der Waals surface area contributed by atoms with Crippen LogP contribution in [0.5, 0.6) is 0 Å². The molecule has 5 nitrogen and oxygen atoms in total. The SMILES string of the molecule is CN1CCN(C=O)C(c2ccc(N)nc2)C1. The van der Waals surface area contributed by atoms with Crippen LogP contribution in [-0.2, 0) is 4.79 Å². The number of aromatic nitrogens is 1. The predicted octanol–water partition coefficient (Wildman–Crippen LogP) is 0.109. The van der Waals surface area contributed by atoms with Crippen molar-refractivity contribution in [2.45, 2.75) is 6.04 Å². The van der Waals surface area contributed by atoms with Crippen LogP contribution in [0.4, 0.5) is 5.82 Å². The van der Waals surface area contributed by atoms with Gasteiger partial charge in [-0.05, 0) is 18.7 Å². The molecule has 0 bridgehead atoms. The Bertz CT molecular complexity index is 365. The molecular formula is C11H16N4O. The monoisotopic (exact) mass is 220 g/mol. The highest BCUT2D eigenvalue weighted by molar-refractivity contribution is 5.49. The third-order valence-electron chi connectivity index (χ3n) is 2.95. The summed E-state index contributed by atoms with van der Waals surface area (Å²) < 4.78 is 0. The number of hydrogen-bond acceptors (Lipinski definition) is 4. The van der Waals surface area contributed by atoms with Crippen molar-refractivity contribution in [1.82, 2.24) is 14.8 Å². The fraction of sp³-hybridized carbons (Fsp3) is 0.455. The van der Waals surface area contributed by atoms with Gasteiger partial charge in [0.15, 0.2) is 0 Å². The van der Waals surface area contributed by atoms with Gasteiger partial charge >= 0.3 is 0 Å². The summed E-state index contributed by atoms with van der Waals surface area (Å²) in [7, 11) is 2.06. The van der Waals surface area contributed by atoms with E-state index in [9.17, 15) is 4.79 Å². The molecule has 1 aromatic heterocycles. The molecule has 0 saturated carbocycles. The first-order valence-electron chi connectivity index (χ1n) is 5.31. The third-order valence-corrected chi connectivity index (χ3v) is 2.95. The van der Waals surface area contributed by atoms with Crippen molar-refractivity contribution in [1.29, 1.82) is 0 Å². The van der Waals surface area contributed by atoms with E-state index in [0.29, 0.717) is 5.82 Å². The molecule has 86 valence electrons. The first-order valence-corrected chi connectivity index (χ1v) is 5.31. The van der Waals surface area contributed by atoms with Gasteiger partial charge in [-0.25, -0.2) is 4.98 Å². The quantitative estimate of drug-likeness (QED) is 0.718. The van der Waals surface area contributed by atoms with Gasteiger partial charge in [0.2, 0.25) is 6.41 Å². The minimum absolute atomic E-state index is 0.0874. The van der Waals surface area contributed by atoms with Crippen LogP contribution in [0.15, 0.2) is 18.3 Å². The summed E-state index contributed by atoms with van der Waals surface area (Å²) in [6, 6.07) is 3.79. The van der Waals surface area contributed by atoms with Crippen molar-refractivity contribution >= 4 is 12.2 Å². The number of nitrogens with two attached hydrogens (primary N) is 1. The molecule has 5 heteroatoms. The summed E-state index contributed by atoms with van der Waals surface area (Å²) in [6.07, 6.45) is 2.66. The lowest BCUT2D eigenvalue weighted by Gasteiger charge is -2.37. The molecule has 1 amide bonds. The van der Waals surface area contributed by atoms with Gasteiger partial charge in [0, 0.05) is 25.8 Å². The zero-order valence-corrected chi connectivity index (χ0v) is 9.34. The van der Waals surface area contributed by atoms with Crippen LogP contribution in [0, 0.1) is 0 Å². The second-order valence-electron chi connectivity index (χ2n) is 4.14. The Morgan fingerprint density at radius 2 is 2.31 bits per heavy atom. The number of carbonyl (C=O) groups excluding carboxylic acids is 1. The summed E-state index contributed by atoms with van der Waals surface area (Å²) >= 11 is 0. The first-order chi connectivity index (χ1) is 7.70. The van der Waals surface area contributed by atoms with E-state index in [-0.39, 0.29) is 6.04 Å². The molecule has 2 heterocycles. The lowest BCUT2D eigenvalue weighted by molar-refractivity contribution is -0.122. The second kappa shape index (κ2) is 4.49. The molecule has 1 aromatic rings. The van der Waals surface area contributed by atoms with Gasteiger partial charge in [0.1, 0.15) is 5.82 Å². The van der Waals surface area contributed by atoms with Crippen LogP contribution in [0.3, 0.4) is 0 Å². The molecule has 2 rings (SSSR count). The van der Waals surface area contributed by atoms with Crippen LogP contribution in [0.1, 0.15) is 11.6 Å². The summed E-state index contributed by atoms with van der Waals surface area (Å²) in [4.78, 5) is 19.1. The number of hydrogen-bond donors (Lipinski definition) is 1. The highest BCUT2D eigenvalue weighted by Gasteiger charge is 2.25. The van der Waals surface area contributed by atoms with E-state index in [1.54, 1.807) is 12.3 Å². The van der Waals surface area contributed by atoms with E-state index in [2.05, 4.69) is 16.9 Å². The van der Waals surface area contributed by atoms with Gasteiger partial charge in [-0.3, -0.25) is 4.79 Å². The van der Waals surface area contributed by atoms with Gasteiger partial charge in [-0.2, -0.15) is 0 Å². The number of carbonyl (C=O) groups is 1. The Balaban J connectivity index is 2.22. The van der Waals surface area contributed by atoms with Crippen LogP contribution in [-0.4, -0.2) is 47.9 Å². The van der Waals surface area contributed by atoms with Gasteiger partial charge in [0.05, 0.1) is 6.04 Å². The fourth-order valence-corrected chi connectivity index (χ4v) is 1.97. The van der Waals surface area contributed by atoms with Crippen molar-refractivity contribution in [2.24, 2.45) is 0 Å². The molecule has 1 saturated heterocycles. The summed E-state index contributed by atoms with van der Waals surface area (Å²) in [5.41, 5.74) is 6.58. The average Bonchev–Trinajstić information content (AvgIpc) is 2.30. The Hall–Kier alpha value is -1.62. The first kappa shape index (κ1) is 10.9. The van der Waals surface area contributed by atoms with E-state index in [1.807, 2.05) is 11.0 Å². The highest BCUT2D eigenvalue weighted by Crippen LogP contribution is 2.23. The van der Waals surface area contributed by atoms with E-state index in [1.165, 1.54) is 0 Å². The lowest BCUT2D eigenvalue weighted by atomic mass is 10.1. The van der Waals surface area contributed by atoms with Gasteiger partial charge in [-0.1, -0.05) is 6.07 Å². The zero-order chi connectivity index (χ0) is 11.5. The Morgan fingerprint density at radius 1 is 1.50 bits per heavy atom. The summed E-state index contributed by atoms with van der Waals surface area (Å²) in [6.45, 7) is 2.51. The number of nitrogens with zero attached hydrogens (tertiary/aromatic N) is 3. The molecule has 1 unspecified atom stereocenters. The predicted molar refractivity (Wildman–Crippen MR) is 61.7 cm³/mol. The molecule has 0 spiro atoms. The van der Waals surface area contributed by atoms with Crippen molar-refractivity contribution in [3.05, 3.63) is 23.9 Å². The number of amides is 1. The number of likely N-dealkylation sites (N-methyl/N-ethyl adjacent to an activating group) is 1. The van der Waals surface area contributed by atoms with Crippen molar-refractivity contribution < 1.29 is 4.79 Å². The van der Waals surface area contributed by atoms with Crippen LogP contribution in [0.2, 0.25) is 0 Å². The number of pyridine rings is 1. The molecule has 1 fully saturated rings. The molecule has 1 aliphatic rings. The highest BCUT2D eigenvalue weighted by atomic mass is 16.1. The van der Waals surface area contributed by atoms with Crippen molar-refractivity contribution in [3.8, 4) is 0 Å². The molecule has 0 aliphatic carbocycles. The second-order valence-corrected chi connectivity index (χ2v) is 4.14. The largest absolute Gasteiger partial charge is 0.384 e. The minimum atomic E-state index is 0.0874. The van der Waals surface area contributed by atoms with Gasteiger partial charge in [-0.15, -0.1) is 0 Å². The molecule has 1 aliphatic heterocycles.